The SMILES string of the molecule is Fc1cc(F)cc(C(Cl)Cc2ccccc2F)c1. The first-order valence-corrected chi connectivity index (χ1v) is 5.83. The Hall–Kier alpha value is -1.48. The molecular weight excluding hydrogens is 261 g/mol. The first-order chi connectivity index (χ1) is 8.56. The van der Waals surface area contributed by atoms with Gasteiger partial charge in [0.25, 0.3) is 0 Å². The number of halogens is 4. The summed E-state index contributed by atoms with van der Waals surface area (Å²) in [6.07, 6.45) is 0.178. The summed E-state index contributed by atoms with van der Waals surface area (Å²) >= 11 is 6.06. The fourth-order valence-corrected chi connectivity index (χ4v) is 2.02. The molecule has 0 amide bonds. The molecule has 0 aromatic heterocycles. The van der Waals surface area contributed by atoms with Crippen molar-refractivity contribution in [1.29, 1.82) is 0 Å². The first kappa shape index (κ1) is 13.0. The van der Waals surface area contributed by atoms with Crippen molar-refractivity contribution in [2.75, 3.05) is 0 Å². The minimum Gasteiger partial charge on any atom is -0.207 e. The van der Waals surface area contributed by atoms with Crippen LogP contribution in [0.15, 0.2) is 42.5 Å². The van der Waals surface area contributed by atoms with Gasteiger partial charge in [-0.3, -0.25) is 0 Å². The van der Waals surface area contributed by atoms with Crippen LogP contribution < -0.4 is 0 Å². The Morgan fingerprint density at radius 1 is 0.944 bits per heavy atom. The van der Waals surface area contributed by atoms with Crippen molar-refractivity contribution in [2.45, 2.75) is 11.8 Å². The van der Waals surface area contributed by atoms with E-state index in [0.717, 1.165) is 18.2 Å². The van der Waals surface area contributed by atoms with Gasteiger partial charge in [-0.05, 0) is 35.7 Å². The van der Waals surface area contributed by atoms with Crippen LogP contribution in [0.25, 0.3) is 0 Å². The van der Waals surface area contributed by atoms with Gasteiger partial charge >= 0.3 is 0 Å². The largest absolute Gasteiger partial charge is 0.207 e. The smallest absolute Gasteiger partial charge is 0.126 e. The average Bonchev–Trinajstić information content (AvgIpc) is 2.31. The Labute approximate surface area is 108 Å². The summed E-state index contributed by atoms with van der Waals surface area (Å²) in [5.41, 5.74) is 0.722. The van der Waals surface area contributed by atoms with Gasteiger partial charge in [0.2, 0.25) is 0 Å². The lowest BCUT2D eigenvalue weighted by Crippen LogP contribution is -1.99. The van der Waals surface area contributed by atoms with Crippen molar-refractivity contribution in [3.8, 4) is 0 Å². The summed E-state index contributed by atoms with van der Waals surface area (Å²) in [4.78, 5) is 0. The highest BCUT2D eigenvalue weighted by Gasteiger charge is 2.13. The van der Waals surface area contributed by atoms with Crippen LogP contribution in [-0.2, 0) is 6.42 Å². The van der Waals surface area contributed by atoms with Gasteiger partial charge in [-0.2, -0.15) is 0 Å². The molecule has 94 valence electrons. The average molecular weight is 271 g/mol. The number of hydrogen-bond acceptors (Lipinski definition) is 0. The van der Waals surface area contributed by atoms with E-state index < -0.39 is 17.0 Å². The fraction of sp³-hybridized carbons (Fsp3) is 0.143. The van der Waals surface area contributed by atoms with E-state index in [1.54, 1.807) is 18.2 Å². The Morgan fingerprint density at radius 2 is 1.56 bits per heavy atom. The van der Waals surface area contributed by atoms with Crippen molar-refractivity contribution in [2.24, 2.45) is 0 Å². The standard InChI is InChI=1S/C14H10ClF3/c15-13(7-9-3-1-2-4-14(9)18)10-5-11(16)8-12(17)6-10/h1-6,8,13H,7H2. The van der Waals surface area contributed by atoms with Gasteiger partial charge in [-0.1, -0.05) is 18.2 Å². The van der Waals surface area contributed by atoms with Gasteiger partial charge in [0.05, 0.1) is 5.38 Å². The van der Waals surface area contributed by atoms with Crippen LogP contribution in [0.1, 0.15) is 16.5 Å². The minimum absolute atomic E-state index is 0.178. The van der Waals surface area contributed by atoms with E-state index >= 15 is 0 Å². The maximum absolute atomic E-state index is 13.4. The lowest BCUT2D eigenvalue weighted by molar-refractivity contribution is 0.577. The third kappa shape index (κ3) is 3.05. The molecule has 0 saturated heterocycles. The molecule has 0 saturated carbocycles. The molecule has 0 heterocycles. The molecule has 1 atom stereocenters. The highest BCUT2D eigenvalue weighted by molar-refractivity contribution is 6.20. The summed E-state index contributed by atoms with van der Waals surface area (Å²) in [7, 11) is 0. The third-order valence-electron chi connectivity index (χ3n) is 2.60. The molecule has 1 unspecified atom stereocenters. The lowest BCUT2D eigenvalue weighted by atomic mass is 10.0. The van der Waals surface area contributed by atoms with Crippen molar-refractivity contribution in [3.63, 3.8) is 0 Å². The fourth-order valence-electron chi connectivity index (χ4n) is 1.73. The monoisotopic (exact) mass is 270 g/mol. The molecule has 2 rings (SSSR count). The quantitative estimate of drug-likeness (QED) is 0.714. The van der Waals surface area contributed by atoms with Gasteiger partial charge < -0.3 is 0 Å². The summed E-state index contributed by atoms with van der Waals surface area (Å²) in [5.74, 6) is -1.76. The van der Waals surface area contributed by atoms with Gasteiger partial charge in [-0.25, -0.2) is 13.2 Å². The molecule has 0 fully saturated rings. The number of benzene rings is 2. The summed E-state index contributed by atoms with van der Waals surface area (Å²) in [6, 6.07) is 9.27. The van der Waals surface area contributed by atoms with Gasteiger partial charge in [0, 0.05) is 6.07 Å². The van der Waals surface area contributed by atoms with E-state index in [1.165, 1.54) is 6.07 Å². The molecular formula is C14H10ClF3. The Bertz CT molecular complexity index is 534. The molecule has 2 aromatic rings. The highest BCUT2D eigenvalue weighted by atomic mass is 35.5. The topological polar surface area (TPSA) is 0 Å². The second-order valence-corrected chi connectivity index (χ2v) is 4.49. The van der Waals surface area contributed by atoms with Crippen LogP contribution in [0, 0.1) is 17.5 Å². The molecule has 0 aliphatic rings. The van der Waals surface area contributed by atoms with E-state index in [9.17, 15) is 13.2 Å². The predicted octanol–water partition coefficient (Wildman–Crippen LogP) is 4.63. The van der Waals surface area contributed by atoms with Gasteiger partial charge in [-0.15, -0.1) is 11.6 Å². The van der Waals surface area contributed by atoms with Gasteiger partial charge in [0.1, 0.15) is 17.5 Å². The molecule has 0 spiro atoms. The Morgan fingerprint density at radius 3 is 2.17 bits per heavy atom. The highest BCUT2D eigenvalue weighted by Crippen LogP contribution is 2.27. The van der Waals surface area contributed by atoms with Crippen molar-refractivity contribution < 1.29 is 13.2 Å². The molecule has 0 N–H and O–H groups in total. The summed E-state index contributed by atoms with van der Waals surface area (Å²) < 4.78 is 39.5. The third-order valence-corrected chi connectivity index (χ3v) is 3.01. The van der Waals surface area contributed by atoms with E-state index in [-0.39, 0.29) is 12.2 Å². The maximum atomic E-state index is 13.4. The normalized spacial score (nSPS) is 12.4. The van der Waals surface area contributed by atoms with Crippen LogP contribution in [0.4, 0.5) is 13.2 Å². The Kier molecular flexibility index (Phi) is 3.92. The molecule has 2 aromatic carbocycles. The van der Waals surface area contributed by atoms with E-state index in [1.807, 2.05) is 0 Å². The second-order valence-electron chi connectivity index (χ2n) is 3.97. The molecule has 18 heavy (non-hydrogen) atoms. The van der Waals surface area contributed by atoms with E-state index in [0.29, 0.717) is 11.1 Å². The predicted molar refractivity (Wildman–Crippen MR) is 65.1 cm³/mol. The van der Waals surface area contributed by atoms with Crippen molar-refractivity contribution in [1.82, 2.24) is 0 Å². The number of hydrogen-bond donors (Lipinski definition) is 0. The summed E-state index contributed by atoms with van der Waals surface area (Å²) in [5, 5.41) is -0.674. The number of rotatable bonds is 3. The minimum atomic E-state index is -0.691. The number of alkyl halides is 1. The lowest BCUT2D eigenvalue weighted by Gasteiger charge is -2.11. The van der Waals surface area contributed by atoms with Crippen LogP contribution >= 0.6 is 11.6 Å². The molecule has 0 aliphatic heterocycles. The van der Waals surface area contributed by atoms with Crippen LogP contribution in [0.5, 0.6) is 0 Å². The van der Waals surface area contributed by atoms with E-state index in [4.69, 9.17) is 11.6 Å². The summed E-state index contributed by atoms with van der Waals surface area (Å²) in [6.45, 7) is 0. The zero-order valence-corrected chi connectivity index (χ0v) is 10.1. The van der Waals surface area contributed by atoms with Crippen LogP contribution in [-0.4, -0.2) is 0 Å². The van der Waals surface area contributed by atoms with Crippen molar-refractivity contribution in [3.05, 3.63) is 71.0 Å². The molecule has 0 radical (unpaired) electrons. The van der Waals surface area contributed by atoms with Crippen molar-refractivity contribution >= 4 is 11.6 Å². The van der Waals surface area contributed by atoms with Crippen LogP contribution in [0.2, 0.25) is 0 Å². The van der Waals surface area contributed by atoms with Crippen LogP contribution in [0.3, 0.4) is 0 Å². The first-order valence-electron chi connectivity index (χ1n) is 5.40. The molecule has 0 nitrogen and oxygen atoms in total. The molecule has 0 aliphatic carbocycles. The second kappa shape index (κ2) is 5.44. The Balaban J connectivity index is 2.22. The molecule has 4 heteroatoms. The van der Waals surface area contributed by atoms with Gasteiger partial charge in [0.15, 0.2) is 0 Å². The zero-order valence-electron chi connectivity index (χ0n) is 9.34. The molecule has 0 bridgehead atoms. The van der Waals surface area contributed by atoms with E-state index in [2.05, 4.69) is 0 Å². The maximum Gasteiger partial charge on any atom is 0.126 e. The zero-order chi connectivity index (χ0) is 13.1.